The molecule has 2 aromatic rings. The van der Waals surface area contributed by atoms with E-state index in [1.54, 1.807) is 0 Å². The third-order valence-corrected chi connectivity index (χ3v) is 4.16. The van der Waals surface area contributed by atoms with Crippen molar-refractivity contribution in [2.24, 2.45) is 0 Å². The van der Waals surface area contributed by atoms with Gasteiger partial charge >= 0.3 is 0 Å². The van der Waals surface area contributed by atoms with Crippen molar-refractivity contribution in [2.75, 3.05) is 24.7 Å². The lowest BCUT2D eigenvalue weighted by atomic mass is 10.2. The number of halogens is 1. The molecule has 3 rings (SSSR count). The summed E-state index contributed by atoms with van der Waals surface area (Å²) in [5.74, 6) is 0.845. The van der Waals surface area contributed by atoms with Crippen molar-refractivity contribution in [1.82, 2.24) is 14.8 Å². The molecule has 1 aliphatic rings. The Kier molecular flexibility index (Phi) is 3.87. The number of morpholine rings is 1. The number of hydrogen-bond donors (Lipinski definition) is 0. The molecule has 3 heterocycles. The zero-order valence-corrected chi connectivity index (χ0v) is 13.3. The Balaban J connectivity index is 2.04. The number of rotatable bonds is 2. The van der Waals surface area contributed by atoms with Crippen LogP contribution in [0.15, 0.2) is 18.2 Å². The lowest BCUT2D eigenvalue weighted by molar-refractivity contribution is 0.0984. The van der Waals surface area contributed by atoms with E-state index in [0.717, 1.165) is 29.4 Å². The van der Waals surface area contributed by atoms with E-state index in [-0.39, 0.29) is 6.04 Å². The average molecular weight is 307 g/mol. The highest BCUT2D eigenvalue weighted by Gasteiger charge is 2.22. The molecule has 6 heteroatoms. The minimum atomic E-state index is 0.286. The van der Waals surface area contributed by atoms with Crippen molar-refractivity contribution in [3.8, 4) is 5.69 Å². The topological polar surface area (TPSA) is 43.2 Å². The van der Waals surface area contributed by atoms with E-state index in [4.69, 9.17) is 16.3 Å². The molecule has 0 amide bonds. The van der Waals surface area contributed by atoms with E-state index in [1.807, 2.05) is 6.07 Å². The Morgan fingerprint density at radius 1 is 1.24 bits per heavy atom. The number of aromatic nitrogens is 3. The Morgan fingerprint density at radius 3 is 2.62 bits per heavy atom. The maximum Gasteiger partial charge on any atom is 0.175 e. The highest BCUT2D eigenvalue weighted by atomic mass is 35.5. The number of nitrogens with zero attached hydrogens (tertiary/aromatic N) is 4. The van der Waals surface area contributed by atoms with Crippen LogP contribution in [0.2, 0.25) is 5.15 Å². The molecule has 1 unspecified atom stereocenters. The first-order valence-electron chi connectivity index (χ1n) is 7.11. The lowest BCUT2D eigenvalue weighted by Gasteiger charge is -2.34. The first kappa shape index (κ1) is 14.4. The number of ether oxygens (including phenoxy) is 1. The van der Waals surface area contributed by atoms with Gasteiger partial charge in [-0.25, -0.2) is 0 Å². The molecular formula is C15H19ClN4O. The second-order valence-electron chi connectivity index (χ2n) is 5.45. The zero-order valence-electron chi connectivity index (χ0n) is 12.5. The maximum atomic E-state index is 6.27. The highest BCUT2D eigenvalue weighted by Crippen LogP contribution is 2.26. The fourth-order valence-corrected chi connectivity index (χ4v) is 2.95. The maximum absolute atomic E-state index is 6.27. The van der Waals surface area contributed by atoms with E-state index < -0.39 is 0 Å². The Morgan fingerprint density at radius 2 is 1.95 bits per heavy atom. The molecule has 0 N–H and O–H groups in total. The van der Waals surface area contributed by atoms with Crippen LogP contribution in [0.1, 0.15) is 18.3 Å². The van der Waals surface area contributed by atoms with Crippen LogP contribution in [0.4, 0.5) is 5.82 Å². The summed E-state index contributed by atoms with van der Waals surface area (Å²) >= 11 is 6.27. The van der Waals surface area contributed by atoms with Crippen molar-refractivity contribution in [2.45, 2.75) is 26.8 Å². The fraction of sp³-hybridized carbons (Fsp3) is 0.467. The van der Waals surface area contributed by atoms with Crippen molar-refractivity contribution in [3.05, 3.63) is 34.7 Å². The molecule has 1 aliphatic heterocycles. The summed E-state index contributed by atoms with van der Waals surface area (Å²) in [6.07, 6.45) is 0. The molecule has 0 radical (unpaired) electrons. The van der Waals surface area contributed by atoms with Gasteiger partial charge < -0.3 is 14.2 Å². The number of hydrogen-bond acceptors (Lipinski definition) is 4. The first-order valence-corrected chi connectivity index (χ1v) is 7.48. The molecule has 1 atom stereocenters. The largest absolute Gasteiger partial charge is 0.377 e. The van der Waals surface area contributed by atoms with Gasteiger partial charge in [-0.3, -0.25) is 0 Å². The van der Waals surface area contributed by atoms with E-state index in [1.165, 1.54) is 0 Å². The molecule has 0 spiro atoms. The normalized spacial score (nSPS) is 19.0. The summed E-state index contributed by atoms with van der Waals surface area (Å²) in [6.45, 7) is 8.48. The quantitative estimate of drug-likeness (QED) is 0.855. The summed E-state index contributed by atoms with van der Waals surface area (Å²) in [5, 5.41) is 8.81. The fourth-order valence-electron chi connectivity index (χ4n) is 2.77. The predicted octanol–water partition coefficient (Wildman–Crippen LogP) is 2.76. The van der Waals surface area contributed by atoms with E-state index in [9.17, 15) is 0 Å². The van der Waals surface area contributed by atoms with Gasteiger partial charge in [0.2, 0.25) is 0 Å². The van der Waals surface area contributed by atoms with Crippen LogP contribution in [0, 0.1) is 13.8 Å². The van der Waals surface area contributed by atoms with E-state index in [0.29, 0.717) is 18.4 Å². The second kappa shape index (κ2) is 5.66. The van der Waals surface area contributed by atoms with Crippen LogP contribution >= 0.6 is 11.6 Å². The number of aryl methyl sites for hydroxylation is 2. The zero-order chi connectivity index (χ0) is 15.0. The van der Waals surface area contributed by atoms with Crippen LogP contribution in [-0.2, 0) is 4.74 Å². The lowest BCUT2D eigenvalue weighted by Crippen LogP contribution is -2.44. The third kappa shape index (κ3) is 2.63. The van der Waals surface area contributed by atoms with Gasteiger partial charge in [0.05, 0.1) is 24.9 Å². The predicted molar refractivity (Wildman–Crippen MR) is 83.5 cm³/mol. The average Bonchev–Trinajstić information content (AvgIpc) is 2.80. The van der Waals surface area contributed by atoms with Gasteiger partial charge in [0.15, 0.2) is 11.0 Å². The van der Waals surface area contributed by atoms with Crippen LogP contribution in [0.5, 0.6) is 0 Å². The molecule has 2 aromatic heterocycles. The summed E-state index contributed by atoms with van der Waals surface area (Å²) in [5.41, 5.74) is 3.13. The monoisotopic (exact) mass is 306 g/mol. The second-order valence-corrected chi connectivity index (χ2v) is 5.81. The molecule has 112 valence electrons. The van der Waals surface area contributed by atoms with E-state index >= 15 is 0 Å². The highest BCUT2D eigenvalue weighted by molar-refractivity contribution is 6.31. The van der Waals surface area contributed by atoms with Gasteiger partial charge in [-0.05, 0) is 32.9 Å². The standard InChI is InChI=1S/C15H19ClN4O/c1-10-4-5-11(2)20(10)13-8-14(17-18-15(13)16)19-6-7-21-9-12(19)3/h4-5,8,12H,6-7,9H2,1-3H3. The summed E-state index contributed by atoms with van der Waals surface area (Å²) in [6, 6.07) is 6.44. The number of anilines is 1. The van der Waals surface area contributed by atoms with Gasteiger partial charge in [0.25, 0.3) is 0 Å². The molecule has 0 aromatic carbocycles. The van der Waals surface area contributed by atoms with Gasteiger partial charge in [-0.2, -0.15) is 0 Å². The third-order valence-electron chi connectivity index (χ3n) is 3.89. The molecule has 0 aliphatic carbocycles. The molecule has 0 bridgehead atoms. The Hall–Kier alpha value is -1.59. The van der Waals surface area contributed by atoms with Crippen LogP contribution in [0.3, 0.4) is 0 Å². The molecule has 21 heavy (non-hydrogen) atoms. The van der Waals surface area contributed by atoms with Crippen molar-refractivity contribution in [1.29, 1.82) is 0 Å². The van der Waals surface area contributed by atoms with Crippen molar-refractivity contribution in [3.63, 3.8) is 0 Å². The molecule has 1 saturated heterocycles. The molecular weight excluding hydrogens is 288 g/mol. The minimum absolute atomic E-state index is 0.286. The summed E-state index contributed by atoms with van der Waals surface area (Å²) in [4.78, 5) is 2.21. The van der Waals surface area contributed by atoms with Crippen LogP contribution in [-0.4, -0.2) is 40.6 Å². The SMILES string of the molecule is Cc1ccc(C)n1-c1cc(N2CCOCC2C)nnc1Cl. The van der Waals surface area contributed by atoms with Gasteiger partial charge in [0.1, 0.15) is 0 Å². The van der Waals surface area contributed by atoms with Crippen LogP contribution in [0.25, 0.3) is 5.69 Å². The molecule has 1 fully saturated rings. The summed E-state index contributed by atoms with van der Waals surface area (Å²) < 4.78 is 7.58. The van der Waals surface area contributed by atoms with Crippen LogP contribution < -0.4 is 4.90 Å². The van der Waals surface area contributed by atoms with E-state index in [2.05, 4.69) is 52.6 Å². The Bertz CT molecular complexity index is 636. The van der Waals surface area contributed by atoms with Crippen molar-refractivity contribution < 1.29 is 4.74 Å². The smallest absolute Gasteiger partial charge is 0.175 e. The summed E-state index contributed by atoms with van der Waals surface area (Å²) in [7, 11) is 0. The Labute approximate surface area is 129 Å². The minimum Gasteiger partial charge on any atom is -0.377 e. The van der Waals surface area contributed by atoms with Gasteiger partial charge in [-0.1, -0.05) is 11.6 Å². The van der Waals surface area contributed by atoms with Crippen molar-refractivity contribution >= 4 is 17.4 Å². The van der Waals surface area contributed by atoms with Gasteiger partial charge in [0, 0.05) is 24.0 Å². The van der Waals surface area contributed by atoms with Gasteiger partial charge in [-0.15, -0.1) is 10.2 Å². The molecule has 5 nitrogen and oxygen atoms in total. The molecule has 0 saturated carbocycles. The first-order chi connectivity index (χ1) is 10.1.